The summed E-state index contributed by atoms with van der Waals surface area (Å²) in [5.41, 5.74) is 1.69. The van der Waals surface area contributed by atoms with Crippen molar-refractivity contribution >= 4 is 23.1 Å². The Bertz CT molecular complexity index is 1280. The monoisotopic (exact) mass is 465 g/mol. The number of aliphatic hydroxyl groups is 1. The van der Waals surface area contributed by atoms with Crippen LogP contribution in [0, 0.1) is 0 Å². The molecule has 4 heterocycles. The van der Waals surface area contributed by atoms with Crippen LogP contribution in [0.25, 0.3) is 11.2 Å². The molecule has 1 atom stereocenters. The molecule has 1 aliphatic rings. The molecule has 0 amide bonds. The van der Waals surface area contributed by atoms with Crippen LogP contribution in [-0.2, 0) is 0 Å². The molecule has 178 valence electrons. The highest BCUT2D eigenvalue weighted by Crippen LogP contribution is 2.39. The fraction of sp³-hybridized carbons (Fsp3) is 0.348. The van der Waals surface area contributed by atoms with Gasteiger partial charge in [-0.2, -0.15) is 4.98 Å². The van der Waals surface area contributed by atoms with E-state index in [1.807, 2.05) is 41.2 Å². The molecule has 3 aromatic heterocycles. The van der Waals surface area contributed by atoms with Crippen molar-refractivity contribution in [3.8, 4) is 22.9 Å². The molecule has 0 bridgehead atoms. The lowest BCUT2D eigenvalue weighted by Gasteiger charge is -2.25. The number of benzene rings is 1. The van der Waals surface area contributed by atoms with E-state index in [9.17, 15) is 5.11 Å². The van der Waals surface area contributed by atoms with Crippen molar-refractivity contribution in [3.63, 3.8) is 0 Å². The van der Waals surface area contributed by atoms with E-state index in [1.54, 1.807) is 32.2 Å². The number of anilines is 3. The van der Waals surface area contributed by atoms with Crippen LogP contribution in [0.15, 0.2) is 43.0 Å². The van der Waals surface area contributed by atoms with Gasteiger partial charge in [-0.3, -0.25) is 0 Å². The Balaban J connectivity index is 1.46. The van der Waals surface area contributed by atoms with E-state index in [2.05, 4.69) is 20.3 Å². The van der Waals surface area contributed by atoms with Crippen molar-refractivity contribution in [2.75, 3.05) is 44.7 Å². The maximum atomic E-state index is 9.80. The highest BCUT2D eigenvalue weighted by molar-refractivity contribution is 5.71. The highest BCUT2D eigenvalue weighted by Gasteiger charge is 2.27. The fourth-order valence-corrected chi connectivity index (χ4v) is 4.35. The molecule has 0 saturated carbocycles. The molecule has 4 aromatic rings. The summed E-state index contributed by atoms with van der Waals surface area (Å²) in [7, 11) is 4.73. The quantitative estimate of drug-likeness (QED) is 0.406. The number of imidazole rings is 1. The lowest BCUT2D eigenvalue weighted by Crippen LogP contribution is -2.33. The SMILES string of the molecule is COc1cc(-n2cnc(Nc3nc(N4CCCC4CO)c4cccn4n3)c2)cc(OC)c1OC. The number of fused-ring (bicyclic) bond motifs is 1. The molecular weight excluding hydrogens is 438 g/mol. The second-order valence-electron chi connectivity index (χ2n) is 7.94. The average molecular weight is 466 g/mol. The number of rotatable bonds is 8. The number of hydrogen-bond donors (Lipinski definition) is 2. The van der Waals surface area contributed by atoms with E-state index in [-0.39, 0.29) is 12.6 Å². The van der Waals surface area contributed by atoms with Gasteiger partial charge in [0.25, 0.3) is 0 Å². The predicted octanol–water partition coefficient (Wildman–Crippen LogP) is 2.65. The maximum absolute atomic E-state index is 9.80. The number of methoxy groups -OCH3 is 3. The number of nitrogens with zero attached hydrogens (tertiary/aromatic N) is 6. The summed E-state index contributed by atoms with van der Waals surface area (Å²) in [6.07, 6.45) is 7.35. The van der Waals surface area contributed by atoms with Gasteiger partial charge in [0.2, 0.25) is 11.7 Å². The van der Waals surface area contributed by atoms with Crippen LogP contribution in [0.3, 0.4) is 0 Å². The number of aliphatic hydroxyl groups excluding tert-OH is 1. The van der Waals surface area contributed by atoms with Crippen molar-refractivity contribution in [1.29, 1.82) is 0 Å². The fourth-order valence-electron chi connectivity index (χ4n) is 4.35. The summed E-state index contributed by atoms with van der Waals surface area (Å²) in [5.74, 6) is 3.41. The van der Waals surface area contributed by atoms with Crippen LogP contribution in [0.1, 0.15) is 12.8 Å². The van der Waals surface area contributed by atoms with Crippen molar-refractivity contribution in [1.82, 2.24) is 24.1 Å². The Kier molecular flexibility index (Phi) is 5.84. The highest BCUT2D eigenvalue weighted by atomic mass is 16.5. The minimum Gasteiger partial charge on any atom is -0.493 e. The third-order valence-corrected chi connectivity index (χ3v) is 6.00. The first kappa shape index (κ1) is 21.8. The molecule has 0 radical (unpaired) electrons. The van der Waals surface area contributed by atoms with Gasteiger partial charge in [-0.15, -0.1) is 5.10 Å². The van der Waals surface area contributed by atoms with E-state index in [0.717, 1.165) is 36.4 Å². The molecule has 2 N–H and O–H groups in total. The van der Waals surface area contributed by atoms with Gasteiger partial charge in [0.1, 0.15) is 11.8 Å². The summed E-state index contributed by atoms with van der Waals surface area (Å²) in [6.45, 7) is 0.942. The Morgan fingerprint density at radius 2 is 1.94 bits per heavy atom. The van der Waals surface area contributed by atoms with Crippen molar-refractivity contribution in [3.05, 3.63) is 43.0 Å². The molecule has 1 unspecified atom stereocenters. The van der Waals surface area contributed by atoms with Gasteiger partial charge in [0.05, 0.1) is 45.9 Å². The van der Waals surface area contributed by atoms with Gasteiger partial charge in [-0.25, -0.2) is 9.50 Å². The molecule has 5 rings (SSSR count). The van der Waals surface area contributed by atoms with Crippen LogP contribution in [0.4, 0.5) is 17.6 Å². The van der Waals surface area contributed by atoms with Gasteiger partial charge < -0.3 is 34.1 Å². The Morgan fingerprint density at radius 3 is 2.65 bits per heavy atom. The second-order valence-corrected chi connectivity index (χ2v) is 7.94. The average Bonchev–Trinajstić information content (AvgIpc) is 3.63. The summed E-state index contributed by atoms with van der Waals surface area (Å²) in [4.78, 5) is 11.4. The zero-order chi connectivity index (χ0) is 23.7. The molecular formula is C23H27N7O4. The van der Waals surface area contributed by atoms with E-state index >= 15 is 0 Å². The predicted molar refractivity (Wildman–Crippen MR) is 127 cm³/mol. The van der Waals surface area contributed by atoms with Gasteiger partial charge in [-0.05, 0) is 25.0 Å². The van der Waals surface area contributed by atoms with Gasteiger partial charge in [0, 0.05) is 24.9 Å². The summed E-state index contributed by atoms with van der Waals surface area (Å²) < 4.78 is 19.9. The minimum absolute atomic E-state index is 0.0562. The smallest absolute Gasteiger partial charge is 0.248 e. The Hall–Kier alpha value is -3.99. The molecule has 1 aliphatic heterocycles. The number of hydrogen-bond acceptors (Lipinski definition) is 9. The molecule has 1 aromatic carbocycles. The largest absolute Gasteiger partial charge is 0.493 e. The molecule has 1 fully saturated rings. The van der Waals surface area contributed by atoms with E-state index in [4.69, 9.17) is 19.2 Å². The summed E-state index contributed by atoms with van der Waals surface area (Å²) >= 11 is 0. The van der Waals surface area contributed by atoms with Gasteiger partial charge in [0.15, 0.2) is 23.1 Å². The van der Waals surface area contributed by atoms with Crippen molar-refractivity contribution < 1.29 is 19.3 Å². The molecule has 0 aliphatic carbocycles. The minimum atomic E-state index is 0.0562. The first-order valence-corrected chi connectivity index (χ1v) is 11.0. The molecule has 0 spiro atoms. The molecule has 34 heavy (non-hydrogen) atoms. The first-order chi connectivity index (χ1) is 16.6. The third kappa shape index (κ3) is 3.83. The van der Waals surface area contributed by atoms with E-state index in [1.165, 1.54) is 0 Å². The van der Waals surface area contributed by atoms with Gasteiger partial charge >= 0.3 is 0 Å². The standard InChI is InChI=1S/C23H27N7O4/c1-32-18-10-16(11-19(33-2)21(18)34-3)28-12-20(24-14-28)25-23-26-22(17-7-5-9-30(17)27-23)29-8-4-6-15(29)13-31/h5,7,9-12,14-15,31H,4,6,8,13H2,1-3H3,(H,25,27). The molecule has 11 heteroatoms. The lowest BCUT2D eigenvalue weighted by molar-refractivity contribution is 0.266. The van der Waals surface area contributed by atoms with Gasteiger partial charge in [-0.1, -0.05) is 0 Å². The second kappa shape index (κ2) is 9.10. The summed E-state index contributed by atoms with van der Waals surface area (Å²) in [6, 6.07) is 7.65. The zero-order valence-electron chi connectivity index (χ0n) is 19.3. The van der Waals surface area contributed by atoms with Crippen LogP contribution in [-0.4, -0.2) is 69.8 Å². The lowest BCUT2D eigenvalue weighted by atomic mass is 10.2. The summed E-state index contributed by atoms with van der Waals surface area (Å²) in [5, 5.41) is 17.6. The van der Waals surface area contributed by atoms with Crippen LogP contribution in [0.5, 0.6) is 17.2 Å². The van der Waals surface area contributed by atoms with Crippen LogP contribution in [0.2, 0.25) is 0 Å². The van der Waals surface area contributed by atoms with Crippen LogP contribution < -0.4 is 24.4 Å². The first-order valence-electron chi connectivity index (χ1n) is 11.0. The third-order valence-electron chi connectivity index (χ3n) is 6.00. The molecule has 1 saturated heterocycles. The Morgan fingerprint density at radius 1 is 1.15 bits per heavy atom. The number of ether oxygens (including phenoxy) is 3. The van der Waals surface area contributed by atoms with E-state index < -0.39 is 0 Å². The van der Waals surface area contributed by atoms with E-state index in [0.29, 0.717) is 29.0 Å². The Labute approximate surface area is 196 Å². The zero-order valence-corrected chi connectivity index (χ0v) is 19.3. The maximum Gasteiger partial charge on any atom is 0.248 e. The van der Waals surface area contributed by atoms with Crippen molar-refractivity contribution in [2.24, 2.45) is 0 Å². The van der Waals surface area contributed by atoms with Crippen molar-refractivity contribution in [2.45, 2.75) is 18.9 Å². The molecule has 11 nitrogen and oxygen atoms in total. The number of nitrogens with one attached hydrogen (secondary N) is 1. The van der Waals surface area contributed by atoms with Crippen LogP contribution >= 0.6 is 0 Å². The topological polar surface area (TPSA) is 111 Å². The number of aromatic nitrogens is 5. The normalized spacial score (nSPS) is 15.6.